The molecule has 1 aliphatic heterocycles. The first kappa shape index (κ1) is 13.1. The minimum Gasteiger partial charge on any atom is -0.464 e. The van der Waals surface area contributed by atoms with Gasteiger partial charge in [0.2, 0.25) is 0 Å². The van der Waals surface area contributed by atoms with Crippen molar-refractivity contribution in [1.29, 1.82) is 0 Å². The zero-order valence-electron chi connectivity index (χ0n) is 11.2. The second-order valence-electron chi connectivity index (χ2n) is 4.65. The molecule has 0 aromatic heterocycles. The molecule has 18 heavy (non-hydrogen) atoms. The minimum atomic E-state index is -0.557. The molecule has 0 saturated heterocycles. The maximum atomic E-state index is 12.0. The van der Waals surface area contributed by atoms with Crippen LogP contribution >= 0.6 is 0 Å². The summed E-state index contributed by atoms with van der Waals surface area (Å²) in [5.41, 5.74) is 3.44. The van der Waals surface area contributed by atoms with Gasteiger partial charge in [-0.25, -0.2) is 4.79 Å². The Kier molecular flexibility index (Phi) is 4.02. The molecular formula is C15H20O3. The Bertz CT molecular complexity index is 439. The Hall–Kier alpha value is -1.35. The van der Waals surface area contributed by atoms with E-state index in [-0.39, 0.29) is 12.1 Å². The van der Waals surface area contributed by atoms with Crippen LogP contribution in [0.25, 0.3) is 0 Å². The Morgan fingerprint density at radius 2 is 2.22 bits per heavy atom. The van der Waals surface area contributed by atoms with Gasteiger partial charge in [-0.2, -0.15) is 0 Å². The highest BCUT2D eigenvalue weighted by Crippen LogP contribution is 2.33. The number of carbonyl (C=O) groups excluding carboxylic acids is 1. The molecule has 0 saturated carbocycles. The second kappa shape index (κ2) is 5.53. The van der Waals surface area contributed by atoms with E-state index in [1.807, 2.05) is 19.1 Å². The molecule has 0 bridgehead atoms. The van der Waals surface area contributed by atoms with E-state index in [2.05, 4.69) is 19.9 Å². The maximum absolute atomic E-state index is 12.0. The first-order valence-electron chi connectivity index (χ1n) is 6.57. The number of hydrogen-bond donors (Lipinski definition) is 0. The summed E-state index contributed by atoms with van der Waals surface area (Å²) in [5.74, 6) is -0.275. The van der Waals surface area contributed by atoms with Gasteiger partial charge in [0.1, 0.15) is 0 Å². The largest absolute Gasteiger partial charge is 0.464 e. The molecule has 0 amide bonds. The first-order valence-corrected chi connectivity index (χ1v) is 6.57. The molecule has 0 N–H and O–H groups in total. The highest BCUT2D eigenvalue weighted by molar-refractivity contribution is 5.77. The Balaban J connectivity index is 2.37. The zero-order valence-corrected chi connectivity index (χ0v) is 11.2. The molecule has 1 aromatic rings. The van der Waals surface area contributed by atoms with Gasteiger partial charge in [0.05, 0.1) is 12.7 Å². The van der Waals surface area contributed by atoms with Gasteiger partial charge in [-0.1, -0.05) is 25.1 Å². The summed E-state index contributed by atoms with van der Waals surface area (Å²) in [6.45, 7) is 6.36. The number of hydrogen-bond acceptors (Lipinski definition) is 3. The third-order valence-electron chi connectivity index (χ3n) is 3.45. The van der Waals surface area contributed by atoms with Crippen LogP contribution in [0.2, 0.25) is 0 Å². The van der Waals surface area contributed by atoms with Gasteiger partial charge in [-0.05, 0) is 43.4 Å². The van der Waals surface area contributed by atoms with Crippen LogP contribution in [0.15, 0.2) is 18.2 Å². The summed E-state index contributed by atoms with van der Waals surface area (Å²) >= 11 is 0. The van der Waals surface area contributed by atoms with Crippen molar-refractivity contribution >= 4 is 5.97 Å². The summed E-state index contributed by atoms with van der Waals surface area (Å²) in [7, 11) is 0. The highest BCUT2D eigenvalue weighted by atomic mass is 16.6. The van der Waals surface area contributed by atoms with E-state index >= 15 is 0 Å². The molecule has 2 rings (SSSR count). The number of esters is 1. The monoisotopic (exact) mass is 248 g/mol. The highest BCUT2D eigenvalue weighted by Gasteiger charge is 2.33. The van der Waals surface area contributed by atoms with E-state index < -0.39 is 6.10 Å². The normalized spacial score (nSPS) is 22.4. The standard InChI is InChI=1S/C15H20O3/c1-4-11-9-13-10(3)7-6-8-12(13)14(18-11)15(16)17-5-2/h6-8,11,14H,4-5,9H2,1-3H3/t11-,14?/m1/s1. The Labute approximate surface area is 108 Å². The van der Waals surface area contributed by atoms with Crippen LogP contribution in [-0.2, 0) is 20.7 Å². The quantitative estimate of drug-likeness (QED) is 0.771. The molecule has 98 valence electrons. The Morgan fingerprint density at radius 1 is 1.44 bits per heavy atom. The van der Waals surface area contributed by atoms with Crippen molar-refractivity contribution in [2.45, 2.75) is 45.8 Å². The summed E-state index contributed by atoms with van der Waals surface area (Å²) in [6.07, 6.45) is 1.34. The number of benzene rings is 1. The summed E-state index contributed by atoms with van der Waals surface area (Å²) in [5, 5.41) is 0. The summed E-state index contributed by atoms with van der Waals surface area (Å²) in [4.78, 5) is 12.0. The van der Waals surface area contributed by atoms with Gasteiger partial charge < -0.3 is 9.47 Å². The molecule has 0 aliphatic carbocycles. The van der Waals surface area contributed by atoms with E-state index in [0.29, 0.717) is 6.61 Å². The van der Waals surface area contributed by atoms with E-state index in [4.69, 9.17) is 9.47 Å². The number of carbonyl (C=O) groups is 1. The summed E-state index contributed by atoms with van der Waals surface area (Å²) < 4.78 is 11.0. The maximum Gasteiger partial charge on any atom is 0.339 e. The number of aryl methyl sites for hydroxylation is 1. The fourth-order valence-electron chi connectivity index (χ4n) is 2.43. The molecule has 0 spiro atoms. The molecule has 2 atom stereocenters. The molecular weight excluding hydrogens is 228 g/mol. The van der Waals surface area contributed by atoms with Crippen LogP contribution in [0.5, 0.6) is 0 Å². The van der Waals surface area contributed by atoms with Crippen molar-refractivity contribution in [2.24, 2.45) is 0 Å². The van der Waals surface area contributed by atoms with Gasteiger partial charge in [0.15, 0.2) is 6.10 Å². The van der Waals surface area contributed by atoms with Gasteiger partial charge in [-0.15, -0.1) is 0 Å². The molecule has 0 radical (unpaired) electrons. The Morgan fingerprint density at radius 3 is 2.89 bits per heavy atom. The molecule has 1 aliphatic rings. The molecule has 1 unspecified atom stereocenters. The SMILES string of the molecule is CCOC(=O)C1O[C@H](CC)Cc2c(C)cccc21. The van der Waals surface area contributed by atoms with Gasteiger partial charge in [-0.3, -0.25) is 0 Å². The van der Waals surface area contributed by atoms with Gasteiger partial charge in [0.25, 0.3) is 0 Å². The van der Waals surface area contributed by atoms with Crippen molar-refractivity contribution in [3.8, 4) is 0 Å². The van der Waals surface area contributed by atoms with Crippen LogP contribution in [0.3, 0.4) is 0 Å². The van der Waals surface area contributed by atoms with Crippen molar-refractivity contribution in [1.82, 2.24) is 0 Å². The smallest absolute Gasteiger partial charge is 0.339 e. The predicted molar refractivity (Wildman–Crippen MR) is 69.4 cm³/mol. The van der Waals surface area contributed by atoms with Gasteiger partial charge >= 0.3 is 5.97 Å². The van der Waals surface area contributed by atoms with Crippen LogP contribution in [0, 0.1) is 6.92 Å². The van der Waals surface area contributed by atoms with E-state index in [1.54, 1.807) is 0 Å². The molecule has 1 heterocycles. The molecule has 1 aromatic carbocycles. The van der Waals surface area contributed by atoms with E-state index in [1.165, 1.54) is 11.1 Å². The molecule has 3 heteroatoms. The number of fused-ring (bicyclic) bond motifs is 1. The van der Waals surface area contributed by atoms with Crippen molar-refractivity contribution in [3.63, 3.8) is 0 Å². The van der Waals surface area contributed by atoms with Crippen LogP contribution < -0.4 is 0 Å². The summed E-state index contributed by atoms with van der Waals surface area (Å²) in [6, 6.07) is 6.02. The number of ether oxygens (including phenoxy) is 2. The van der Waals surface area contributed by atoms with Crippen molar-refractivity contribution < 1.29 is 14.3 Å². The second-order valence-corrected chi connectivity index (χ2v) is 4.65. The lowest BCUT2D eigenvalue weighted by Gasteiger charge is -2.31. The van der Waals surface area contributed by atoms with Crippen LogP contribution in [0.1, 0.15) is 43.1 Å². The average molecular weight is 248 g/mol. The van der Waals surface area contributed by atoms with E-state index in [9.17, 15) is 4.79 Å². The average Bonchev–Trinajstić information content (AvgIpc) is 2.38. The van der Waals surface area contributed by atoms with E-state index in [0.717, 1.165) is 18.4 Å². The molecule has 3 nitrogen and oxygen atoms in total. The van der Waals surface area contributed by atoms with Crippen LogP contribution in [0.4, 0.5) is 0 Å². The fourth-order valence-corrected chi connectivity index (χ4v) is 2.43. The predicted octanol–water partition coefficient (Wildman–Crippen LogP) is 2.95. The fraction of sp³-hybridized carbons (Fsp3) is 0.533. The molecule has 0 fully saturated rings. The first-order chi connectivity index (χ1) is 8.67. The minimum absolute atomic E-state index is 0.105. The lowest BCUT2D eigenvalue weighted by molar-refractivity contribution is -0.163. The zero-order chi connectivity index (χ0) is 13.1. The van der Waals surface area contributed by atoms with Gasteiger partial charge in [0, 0.05) is 0 Å². The third kappa shape index (κ3) is 2.41. The van der Waals surface area contributed by atoms with Crippen molar-refractivity contribution in [2.75, 3.05) is 6.61 Å². The lowest BCUT2D eigenvalue weighted by atomic mass is 9.90. The third-order valence-corrected chi connectivity index (χ3v) is 3.45. The lowest BCUT2D eigenvalue weighted by Crippen LogP contribution is -2.31. The van der Waals surface area contributed by atoms with Crippen molar-refractivity contribution in [3.05, 3.63) is 34.9 Å². The van der Waals surface area contributed by atoms with Crippen LogP contribution in [-0.4, -0.2) is 18.7 Å². The topological polar surface area (TPSA) is 35.5 Å². The number of rotatable bonds is 3.